The highest BCUT2D eigenvalue weighted by Gasteiger charge is 2.31. The number of guanidine groups is 1. The molecule has 1 aromatic rings. The Hall–Kier alpha value is -0.860. The number of likely N-dealkylation sites (tertiary alicyclic amines) is 3. The molecule has 3 saturated heterocycles. The quantitative estimate of drug-likeness (QED) is 0.361. The number of hydrogen-bond donors (Lipinski definition) is 1. The van der Waals surface area contributed by atoms with Crippen LogP contribution in [-0.4, -0.2) is 78.6 Å². The summed E-state index contributed by atoms with van der Waals surface area (Å²) in [6.45, 7) is 11.2. The topological polar surface area (TPSA) is 34.1 Å². The summed E-state index contributed by atoms with van der Waals surface area (Å²) in [5, 5.41) is 3.56. The Kier molecular flexibility index (Phi) is 9.06. The van der Waals surface area contributed by atoms with E-state index in [1.165, 1.54) is 57.3 Å². The summed E-state index contributed by atoms with van der Waals surface area (Å²) in [6, 6.07) is 12.2. The highest BCUT2D eigenvalue weighted by Crippen LogP contribution is 2.22. The lowest BCUT2D eigenvalue weighted by Crippen LogP contribution is -2.43. The molecular weight excluding hydrogens is 473 g/mol. The predicted octanol–water partition coefficient (Wildman–Crippen LogP) is 3.40. The lowest BCUT2D eigenvalue weighted by Gasteiger charge is -2.27. The minimum absolute atomic E-state index is 0. The van der Waals surface area contributed by atoms with Gasteiger partial charge in [0.05, 0.1) is 6.54 Å². The van der Waals surface area contributed by atoms with Crippen LogP contribution in [0.3, 0.4) is 0 Å². The molecule has 0 bridgehead atoms. The number of halogens is 1. The maximum atomic E-state index is 5.10. The fraction of sp³-hybridized carbons (Fsp3) is 0.696. The maximum absolute atomic E-state index is 5.10. The van der Waals surface area contributed by atoms with Crippen molar-refractivity contribution in [2.24, 2.45) is 4.99 Å². The molecule has 3 aliphatic heterocycles. The van der Waals surface area contributed by atoms with Gasteiger partial charge in [-0.05, 0) is 64.2 Å². The monoisotopic (exact) mass is 511 g/mol. The van der Waals surface area contributed by atoms with E-state index in [-0.39, 0.29) is 24.0 Å². The number of hydrogen-bond acceptors (Lipinski definition) is 3. The average molecular weight is 511 g/mol. The van der Waals surface area contributed by atoms with Crippen molar-refractivity contribution < 1.29 is 0 Å². The first kappa shape index (κ1) is 22.8. The normalized spacial score (nSPS) is 26.1. The molecule has 3 fully saturated rings. The molecule has 2 unspecified atom stereocenters. The Morgan fingerprint density at radius 3 is 2.59 bits per heavy atom. The van der Waals surface area contributed by atoms with E-state index in [2.05, 4.69) is 57.3 Å². The fourth-order valence-electron chi connectivity index (χ4n) is 5.08. The SMILES string of the molecule is CCNC(=NCC1CCCN1Cc1ccccc1)N1CCC(N2CCCC2)C1.I. The van der Waals surface area contributed by atoms with E-state index in [0.717, 1.165) is 44.7 Å². The van der Waals surface area contributed by atoms with Gasteiger partial charge in [0, 0.05) is 38.3 Å². The van der Waals surface area contributed by atoms with Gasteiger partial charge in [-0.15, -0.1) is 24.0 Å². The summed E-state index contributed by atoms with van der Waals surface area (Å²) in [4.78, 5) is 12.9. The van der Waals surface area contributed by atoms with Gasteiger partial charge in [0.1, 0.15) is 0 Å². The minimum Gasteiger partial charge on any atom is -0.357 e. The molecule has 0 amide bonds. The van der Waals surface area contributed by atoms with Crippen LogP contribution in [-0.2, 0) is 6.54 Å². The Bertz CT molecular complexity index is 631. The average Bonchev–Trinajstić information content (AvgIpc) is 3.47. The van der Waals surface area contributed by atoms with Crippen molar-refractivity contribution in [2.45, 2.75) is 57.7 Å². The van der Waals surface area contributed by atoms with Crippen molar-refractivity contribution in [1.29, 1.82) is 0 Å². The molecule has 0 spiro atoms. The second kappa shape index (κ2) is 11.5. The second-order valence-electron chi connectivity index (χ2n) is 8.58. The molecule has 0 aliphatic carbocycles. The first-order chi connectivity index (χ1) is 13.8. The van der Waals surface area contributed by atoms with Crippen molar-refractivity contribution in [3.8, 4) is 0 Å². The van der Waals surface area contributed by atoms with Gasteiger partial charge in [0.2, 0.25) is 0 Å². The summed E-state index contributed by atoms with van der Waals surface area (Å²) in [5.74, 6) is 1.13. The highest BCUT2D eigenvalue weighted by atomic mass is 127. The summed E-state index contributed by atoms with van der Waals surface area (Å²) < 4.78 is 0. The van der Waals surface area contributed by atoms with Crippen molar-refractivity contribution in [2.75, 3.05) is 45.8 Å². The van der Waals surface area contributed by atoms with Crippen LogP contribution < -0.4 is 5.32 Å². The lowest BCUT2D eigenvalue weighted by atomic mass is 10.2. The third-order valence-electron chi connectivity index (χ3n) is 6.63. The van der Waals surface area contributed by atoms with Gasteiger partial charge in [-0.3, -0.25) is 14.8 Å². The number of nitrogens with one attached hydrogen (secondary N) is 1. The van der Waals surface area contributed by atoms with E-state index in [4.69, 9.17) is 4.99 Å². The molecule has 5 nitrogen and oxygen atoms in total. The van der Waals surface area contributed by atoms with Crippen molar-refractivity contribution >= 4 is 29.9 Å². The third kappa shape index (κ3) is 6.07. The summed E-state index contributed by atoms with van der Waals surface area (Å²) in [7, 11) is 0. The Morgan fingerprint density at radius 2 is 1.83 bits per heavy atom. The van der Waals surface area contributed by atoms with Crippen molar-refractivity contribution in [3.05, 3.63) is 35.9 Å². The number of aliphatic imine (C=N–C) groups is 1. The van der Waals surface area contributed by atoms with Gasteiger partial charge in [0.15, 0.2) is 5.96 Å². The largest absolute Gasteiger partial charge is 0.357 e. The summed E-state index contributed by atoms with van der Waals surface area (Å²) >= 11 is 0. The molecule has 3 aliphatic rings. The van der Waals surface area contributed by atoms with Crippen LogP contribution in [0.5, 0.6) is 0 Å². The van der Waals surface area contributed by atoms with Gasteiger partial charge in [0.25, 0.3) is 0 Å². The molecule has 1 N–H and O–H groups in total. The Morgan fingerprint density at radius 1 is 1.03 bits per heavy atom. The maximum Gasteiger partial charge on any atom is 0.194 e. The number of benzene rings is 1. The zero-order valence-electron chi connectivity index (χ0n) is 17.9. The Balaban J connectivity index is 0.00000240. The van der Waals surface area contributed by atoms with Crippen LogP contribution in [0.15, 0.2) is 35.3 Å². The minimum atomic E-state index is 0. The highest BCUT2D eigenvalue weighted by molar-refractivity contribution is 14.0. The van der Waals surface area contributed by atoms with Crippen LogP contribution >= 0.6 is 24.0 Å². The second-order valence-corrected chi connectivity index (χ2v) is 8.58. The van der Waals surface area contributed by atoms with Crippen molar-refractivity contribution in [1.82, 2.24) is 20.0 Å². The predicted molar refractivity (Wildman–Crippen MR) is 132 cm³/mol. The molecule has 4 rings (SSSR count). The van der Waals surface area contributed by atoms with Gasteiger partial charge < -0.3 is 10.2 Å². The molecule has 29 heavy (non-hydrogen) atoms. The summed E-state index contributed by atoms with van der Waals surface area (Å²) in [5.41, 5.74) is 1.42. The first-order valence-electron chi connectivity index (χ1n) is 11.4. The third-order valence-corrected chi connectivity index (χ3v) is 6.63. The van der Waals surface area contributed by atoms with Crippen LogP contribution in [0.25, 0.3) is 0 Å². The molecule has 1 aromatic carbocycles. The molecule has 2 atom stereocenters. The number of rotatable bonds is 6. The Labute approximate surface area is 193 Å². The molecule has 162 valence electrons. The zero-order chi connectivity index (χ0) is 19.2. The van der Waals surface area contributed by atoms with Crippen molar-refractivity contribution in [3.63, 3.8) is 0 Å². The molecule has 0 aromatic heterocycles. The van der Waals surface area contributed by atoms with Gasteiger partial charge in [-0.2, -0.15) is 0 Å². The lowest BCUT2D eigenvalue weighted by molar-refractivity contribution is 0.246. The van der Waals surface area contributed by atoms with E-state index >= 15 is 0 Å². The van der Waals surface area contributed by atoms with Gasteiger partial charge in [-0.25, -0.2) is 0 Å². The molecule has 6 heteroatoms. The molecule has 3 heterocycles. The fourth-order valence-corrected chi connectivity index (χ4v) is 5.08. The number of nitrogens with zero attached hydrogens (tertiary/aromatic N) is 4. The van der Waals surface area contributed by atoms with Crippen LogP contribution in [0.4, 0.5) is 0 Å². The van der Waals surface area contributed by atoms with E-state index < -0.39 is 0 Å². The van der Waals surface area contributed by atoms with Gasteiger partial charge >= 0.3 is 0 Å². The smallest absolute Gasteiger partial charge is 0.194 e. The van der Waals surface area contributed by atoms with E-state index in [9.17, 15) is 0 Å². The van der Waals surface area contributed by atoms with Crippen LogP contribution in [0.2, 0.25) is 0 Å². The standard InChI is InChI=1S/C23H37N5.HI/c1-2-24-23(28-16-12-22(19-28)26-13-6-7-14-26)25-17-21-11-8-15-27(21)18-20-9-4-3-5-10-20;/h3-5,9-10,21-22H,2,6-8,11-19H2,1H3,(H,24,25);1H. The summed E-state index contributed by atoms with van der Waals surface area (Å²) in [6.07, 6.45) is 6.61. The van der Waals surface area contributed by atoms with E-state index in [1.54, 1.807) is 0 Å². The van der Waals surface area contributed by atoms with Crippen LogP contribution in [0.1, 0.15) is 44.6 Å². The van der Waals surface area contributed by atoms with Gasteiger partial charge in [-0.1, -0.05) is 30.3 Å². The van der Waals surface area contributed by atoms with E-state index in [1.807, 2.05) is 0 Å². The molecular formula is C23H38IN5. The first-order valence-corrected chi connectivity index (χ1v) is 11.4. The van der Waals surface area contributed by atoms with E-state index in [0.29, 0.717) is 6.04 Å². The molecule has 0 saturated carbocycles. The zero-order valence-corrected chi connectivity index (χ0v) is 20.3. The molecule has 0 radical (unpaired) electrons. The van der Waals surface area contributed by atoms with Crippen LogP contribution in [0, 0.1) is 0 Å².